The number of carbonyl (C=O) groups is 1. The first-order valence-electron chi connectivity index (χ1n) is 5.09. The number of nitrogens with one attached hydrogen (secondary N) is 1. The SMILES string of the molecule is Cc1nc(CNC(=O)c2cccc(F)c2Br)no1. The Morgan fingerprint density at radius 1 is 1.56 bits per heavy atom. The lowest BCUT2D eigenvalue weighted by atomic mass is 10.2. The quantitative estimate of drug-likeness (QED) is 0.943. The van der Waals surface area contributed by atoms with Gasteiger partial charge in [0.1, 0.15) is 5.82 Å². The topological polar surface area (TPSA) is 68.0 Å². The van der Waals surface area contributed by atoms with E-state index in [1.165, 1.54) is 18.2 Å². The Morgan fingerprint density at radius 2 is 2.33 bits per heavy atom. The minimum absolute atomic E-state index is 0.124. The van der Waals surface area contributed by atoms with E-state index in [0.29, 0.717) is 11.7 Å². The van der Waals surface area contributed by atoms with Gasteiger partial charge >= 0.3 is 0 Å². The van der Waals surface area contributed by atoms with Crippen LogP contribution < -0.4 is 5.32 Å². The summed E-state index contributed by atoms with van der Waals surface area (Å²) in [4.78, 5) is 15.7. The van der Waals surface area contributed by atoms with Gasteiger partial charge in [-0.15, -0.1) is 0 Å². The normalized spacial score (nSPS) is 10.4. The maximum absolute atomic E-state index is 13.2. The minimum atomic E-state index is -0.488. The fraction of sp³-hybridized carbons (Fsp3) is 0.182. The second-order valence-electron chi connectivity index (χ2n) is 3.51. The summed E-state index contributed by atoms with van der Waals surface area (Å²) in [6.07, 6.45) is 0. The molecule has 0 spiro atoms. The van der Waals surface area contributed by atoms with Gasteiger partial charge in [0, 0.05) is 6.92 Å². The molecule has 0 aliphatic heterocycles. The van der Waals surface area contributed by atoms with Gasteiger partial charge in [-0.25, -0.2) is 4.39 Å². The summed E-state index contributed by atoms with van der Waals surface area (Å²) in [5.41, 5.74) is 0.218. The van der Waals surface area contributed by atoms with Crippen molar-refractivity contribution in [3.8, 4) is 0 Å². The summed E-state index contributed by atoms with van der Waals surface area (Å²) in [5.74, 6) is -0.110. The fourth-order valence-corrected chi connectivity index (χ4v) is 1.79. The zero-order valence-electron chi connectivity index (χ0n) is 9.41. The molecule has 1 aromatic carbocycles. The third kappa shape index (κ3) is 2.73. The largest absolute Gasteiger partial charge is 0.345 e. The standard InChI is InChI=1S/C11H9BrFN3O2/c1-6-15-9(16-18-6)5-14-11(17)7-3-2-4-8(13)10(7)12/h2-4H,5H2,1H3,(H,14,17). The third-order valence-electron chi connectivity index (χ3n) is 2.17. The van der Waals surface area contributed by atoms with Crippen LogP contribution in [-0.4, -0.2) is 16.0 Å². The van der Waals surface area contributed by atoms with Crippen molar-refractivity contribution in [3.63, 3.8) is 0 Å². The van der Waals surface area contributed by atoms with Crippen LogP contribution in [0.15, 0.2) is 27.2 Å². The van der Waals surface area contributed by atoms with Crippen LogP contribution in [0.4, 0.5) is 4.39 Å². The molecular weight excluding hydrogens is 305 g/mol. The summed E-state index contributed by atoms with van der Waals surface area (Å²) in [6.45, 7) is 1.78. The second kappa shape index (κ2) is 5.26. The summed E-state index contributed by atoms with van der Waals surface area (Å²) >= 11 is 3.03. The highest BCUT2D eigenvalue weighted by Crippen LogP contribution is 2.20. The van der Waals surface area contributed by atoms with Gasteiger partial charge in [0.15, 0.2) is 5.82 Å². The number of halogens is 2. The highest BCUT2D eigenvalue weighted by Gasteiger charge is 2.13. The van der Waals surface area contributed by atoms with E-state index in [9.17, 15) is 9.18 Å². The predicted octanol–water partition coefficient (Wildman–Crippen LogP) is 2.21. The van der Waals surface area contributed by atoms with E-state index in [4.69, 9.17) is 4.52 Å². The molecule has 2 rings (SSSR count). The first-order chi connectivity index (χ1) is 8.58. The number of carbonyl (C=O) groups excluding carboxylic acids is 1. The number of hydrogen-bond acceptors (Lipinski definition) is 4. The molecule has 1 heterocycles. The molecule has 0 unspecified atom stereocenters. The van der Waals surface area contributed by atoms with Gasteiger partial charge in [-0.2, -0.15) is 4.98 Å². The Morgan fingerprint density at radius 3 is 3.00 bits per heavy atom. The molecule has 0 saturated carbocycles. The van der Waals surface area contributed by atoms with Crippen LogP contribution in [0.25, 0.3) is 0 Å². The van der Waals surface area contributed by atoms with Crippen LogP contribution in [0.3, 0.4) is 0 Å². The molecule has 1 amide bonds. The molecule has 18 heavy (non-hydrogen) atoms. The molecule has 1 N–H and O–H groups in total. The average Bonchev–Trinajstić information content (AvgIpc) is 2.76. The van der Waals surface area contributed by atoms with Crippen LogP contribution >= 0.6 is 15.9 Å². The third-order valence-corrected chi connectivity index (χ3v) is 2.98. The zero-order chi connectivity index (χ0) is 13.1. The number of rotatable bonds is 3. The van der Waals surface area contributed by atoms with Gasteiger partial charge in [-0.1, -0.05) is 11.2 Å². The molecule has 0 aliphatic carbocycles. The van der Waals surface area contributed by atoms with Crippen LogP contribution in [0.5, 0.6) is 0 Å². The van der Waals surface area contributed by atoms with Crippen molar-refractivity contribution in [2.75, 3.05) is 0 Å². The highest BCUT2D eigenvalue weighted by molar-refractivity contribution is 9.10. The zero-order valence-corrected chi connectivity index (χ0v) is 11.0. The van der Waals surface area contributed by atoms with Crippen molar-refractivity contribution in [1.82, 2.24) is 15.5 Å². The van der Waals surface area contributed by atoms with E-state index >= 15 is 0 Å². The Hall–Kier alpha value is -1.76. The minimum Gasteiger partial charge on any atom is -0.345 e. The van der Waals surface area contributed by atoms with Crippen molar-refractivity contribution in [2.24, 2.45) is 0 Å². The first-order valence-corrected chi connectivity index (χ1v) is 5.88. The summed E-state index contributed by atoms with van der Waals surface area (Å²) in [6, 6.07) is 4.25. The average molecular weight is 314 g/mol. The van der Waals surface area contributed by atoms with Gasteiger partial charge in [-0.05, 0) is 28.1 Å². The van der Waals surface area contributed by atoms with Crippen molar-refractivity contribution < 1.29 is 13.7 Å². The second-order valence-corrected chi connectivity index (χ2v) is 4.31. The van der Waals surface area contributed by atoms with Crippen molar-refractivity contribution in [2.45, 2.75) is 13.5 Å². The Balaban J connectivity index is 2.06. The Bertz CT molecular complexity index is 585. The molecule has 0 radical (unpaired) electrons. The highest BCUT2D eigenvalue weighted by atomic mass is 79.9. The smallest absolute Gasteiger partial charge is 0.252 e. The number of benzene rings is 1. The lowest BCUT2D eigenvalue weighted by Crippen LogP contribution is -2.24. The predicted molar refractivity (Wildman–Crippen MR) is 64.3 cm³/mol. The molecule has 0 fully saturated rings. The van der Waals surface area contributed by atoms with Crippen molar-refractivity contribution in [1.29, 1.82) is 0 Å². The molecule has 0 aliphatic rings. The van der Waals surface area contributed by atoms with Gasteiger partial charge < -0.3 is 9.84 Å². The van der Waals surface area contributed by atoms with E-state index in [1.54, 1.807) is 6.92 Å². The van der Waals surface area contributed by atoms with Crippen LogP contribution in [0.2, 0.25) is 0 Å². The van der Waals surface area contributed by atoms with Crippen molar-refractivity contribution >= 4 is 21.8 Å². The van der Waals surface area contributed by atoms with Crippen LogP contribution in [-0.2, 0) is 6.54 Å². The van der Waals surface area contributed by atoms with E-state index in [0.717, 1.165) is 0 Å². The molecule has 1 aromatic heterocycles. The maximum atomic E-state index is 13.2. The van der Waals surface area contributed by atoms with E-state index < -0.39 is 11.7 Å². The van der Waals surface area contributed by atoms with E-state index in [1.807, 2.05) is 0 Å². The van der Waals surface area contributed by atoms with Gasteiger partial charge in [0.25, 0.3) is 5.91 Å². The number of aryl methyl sites for hydroxylation is 1. The summed E-state index contributed by atoms with van der Waals surface area (Å²) in [5, 5.41) is 6.21. The van der Waals surface area contributed by atoms with Crippen LogP contribution in [0.1, 0.15) is 22.1 Å². The molecule has 2 aromatic rings. The number of hydrogen-bond donors (Lipinski definition) is 1. The maximum Gasteiger partial charge on any atom is 0.252 e. The molecule has 94 valence electrons. The van der Waals surface area contributed by atoms with Gasteiger partial charge in [0.2, 0.25) is 5.89 Å². The summed E-state index contributed by atoms with van der Waals surface area (Å²) in [7, 11) is 0. The van der Waals surface area contributed by atoms with Gasteiger partial charge in [-0.3, -0.25) is 4.79 Å². The van der Waals surface area contributed by atoms with Gasteiger partial charge in [0.05, 0.1) is 16.6 Å². The molecular formula is C11H9BrFN3O2. The molecule has 5 nitrogen and oxygen atoms in total. The monoisotopic (exact) mass is 313 g/mol. The number of aromatic nitrogens is 2. The number of amides is 1. The van der Waals surface area contributed by atoms with Crippen molar-refractivity contribution in [3.05, 3.63) is 45.8 Å². The van der Waals surface area contributed by atoms with E-state index in [2.05, 4.69) is 31.4 Å². The molecule has 0 bridgehead atoms. The van der Waals surface area contributed by atoms with Crippen LogP contribution in [0, 0.1) is 12.7 Å². The Kier molecular flexibility index (Phi) is 3.71. The lowest BCUT2D eigenvalue weighted by Gasteiger charge is -2.05. The molecule has 7 heteroatoms. The first kappa shape index (κ1) is 12.7. The van der Waals surface area contributed by atoms with E-state index in [-0.39, 0.29) is 16.6 Å². The molecule has 0 atom stereocenters. The number of nitrogens with zero attached hydrogens (tertiary/aromatic N) is 2. The Labute approximate surface area is 111 Å². The molecule has 0 saturated heterocycles. The summed E-state index contributed by atoms with van der Waals surface area (Å²) < 4.78 is 18.1. The fourth-order valence-electron chi connectivity index (χ4n) is 1.35. The lowest BCUT2D eigenvalue weighted by molar-refractivity contribution is 0.0948.